The first kappa shape index (κ1) is 21.9. The highest BCUT2D eigenvalue weighted by atomic mass is 19.4. The molecule has 0 amide bonds. The highest BCUT2D eigenvalue weighted by Gasteiger charge is 2.71. The Morgan fingerprint density at radius 3 is 1.71 bits per heavy atom. The van der Waals surface area contributed by atoms with Gasteiger partial charge < -0.3 is 5.11 Å². The third-order valence-corrected chi connectivity index (χ3v) is 4.42. The quantitative estimate of drug-likeness (QED) is 0.521. The predicted molar refractivity (Wildman–Crippen MR) is 92.0 cm³/mol. The van der Waals surface area contributed by atoms with Crippen LogP contribution in [0.2, 0.25) is 0 Å². The molecule has 0 saturated heterocycles. The van der Waals surface area contributed by atoms with Crippen molar-refractivity contribution in [3.05, 3.63) is 59.2 Å². The van der Waals surface area contributed by atoms with E-state index in [2.05, 4.69) is 0 Å². The topological polar surface area (TPSA) is 37.3 Å². The smallest absolute Gasteiger partial charge is 0.369 e. The van der Waals surface area contributed by atoms with Crippen molar-refractivity contribution in [1.29, 1.82) is 0 Å². The van der Waals surface area contributed by atoms with Gasteiger partial charge >= 0.3 is 12.4 Å². The molecule has 0 heterocycles. The molecule has 0 aliphatic carbocycles. The van der Waals surface area contributed by atoms with Crippen LogP contribution in [0.5, 0.6) is 0 Å². The van der Waals surface area contributed by atoms with Gasteiger partial charge in [-0.25, -0.2) is 0 Å². The normalized spacial score (nSPS) is 13.5. The van der Waals surface area contributed by atoms with E-state index in [1.54, 1.807) is 12.1 Å². The summed E-state index contributed by atoms with van der Waals surface area (Å²) in [5.41, 5.74) is -4.71. The summed E-state index contributed by atoms with van der Waals surface area (Å²) in [6.45, 7) is 5.59. The minimum atomic E-state index is -5.94. The van der Waals surface area contributed by atoms with Crippen molar-refractivity contribution < 1.29 is 36.2 Å². The summed E-state index contributed by atoms with van der Waals surface area (Å²) in [5, 5.41) is 9.48. The molecular weight excluding hydrogens is 386 g/mol. The van der Waals surface area contributed by atoms with Crippen LogP contribution in [-0.4, -0.2) is 23.7 Å². The maximum atomic E-state index is 13.0. The first-order chi connectivity index (χ1) is 12.6. The van der Waals surface area contributed by atoms with Crippen LogP contribution in [0.3, 0.4) is 0 Å². The standard InChI is InChI=1S/C20H18F6O2/c1-17(2,3)16-10-12(11-27)4-9-15(16)13-5-7-14(8-6-13)18(28,19(21,22)23)20(24,25)26/h4-11,28H,1-3H3. The Hall–Kier alpha value is -2.35. The molecule has 0 unspecified atom stereocenters. The predicted octanol–water partition coefficient (Wildman–Crippen LogP) is 5.78. The lowest BCUT2D eigenvalue weighted by Gasteiger charge is -2.32. The second kappa shape index (κ2) is 6.92. The summed E-state index contributed by atoms with van der Waals surface area (Å²) in [6.07, 6.45) is -11.2. The Morgan fingerprint density at radius 2 is 1.32 bits per heavy atom. The summed E-state index contributed by atoms with van der Waals surface area (Å²) < 4.78 is 78.1. The zero-order valence-corrected chi connectivity index (χ0v) is 15.2. The van der Waals surface area contributed by atoms with Crippen molar-refractivity contribution >= 4 is 6.29 Å². The molecule has 0 bridgehead atoms. The van der Waals surface area contributed by atoms with Gasteiger partial charge in [-0.15, -0.1) is 0 Å². The Kier molecular flexibility index (Phi) is 5.42. The number of hydrogen-bond donors (Lipinski definition) is 1. The van der Waals surface area contributed by atoms with Crippen LogP contribution < -0.4 is 0 Å². The lowest BCUT2D eigenvalue weighted by Crippen LogP contribution is -2.53. The first-order valence-corrected chi connectivity index (χ1v) is 8.19. The van der Waals surface area contributed by atoms with E-state index in [1.165, 1.54) is 6.07 Å². The zero-order valence-electron chi connectivity index (χ0n) is 15.2. The van der Waals surface area contributed by atoms with Crippen LogP contribution in [0, 0.1) is 0 Å². The molecule has 2 aromatic rings. The van der Waals surface area contributed by atoms with Crippen molar-refractivity contribution in [2.75, 3.05) is 0 Å². The van der Waals surface area contributed by atoms with E-state index in [-0.39, 0.29) is 0 Å². The van der Waals surface area contributed by atoms with Gasteiger partial charge in [0.2, 0.25) is 0 Å². The molecule has 0 aliphatic heterocycles. The molecule has 8 heteroatoms. The third kappa shape index (κ3) is 3.78. The number of halogens is 6. The van der Waals surface area contributed by atoms with Gasteiger partial charge in [-0.1, -0.05) is 57.2 Å². The molecule has 0 radical (unpaired) electrons. The second-order valence-electron chi connectivity index (χ2n) is 7.46. The number of hydrogen-bond acceptors (Lipinski definition) is 2. The fourth-order valence-electron chi connectivity index (χ4n) is 2.89. The van der Waals surface area contributed by atoms with Crippen molar-refractivity contribution in [3.63, 3.8) is 0 Å². The van der Waals surface area contributed by atoms with Gasteiger partial charge in [0, 0.05) is 11.1 Å². The average Bonchev–Trinajstić information content (AvgIpc) is 2.58. The molecule has 0 atom stereocenters. The summed E-state index contributed by atoms with van der Waals surface area (Å²) in [6, 6.07) is 8.10. The number of aldehydes is 1. The van der Waals surface area contributed by atoms with Crippen LogP contribution in [0.25, 0.3) is 11.1 Å². The van der Waals surface area contributed by atoms with E-state index in [0.717, 1.165) is 12.1 Å². The largest absolute Gasteiger partial charge is 0.430 e. The maximum absolute atomic E-state index is 13.0. The molecule has 152 valence electrons. The Balaban J connectivity index is 2.61. The Morgan fingerprint density at radius 1 is 0.821 bits per heavy atom. The summed E-state index contributed by atoms with van der Waals surface area (Å²) in [4.78, 5) is 11.0. The SMILES string of the molecule is CC(C)(C)c1cc(C=O)ccc1-c1ccc(C(O)(C(F)(F)F)C(F)(F)F)cc1. The molecule has 2 aromatic carbocycles. The average molecular weight is 404 g/mol. The van der Waals surface area contributed by atoms with Gasteiger partial charge in [0.1, 0.15) is 6.29 Å². The van der Waals surface area contributed by atoms with Gasteiger partial charge in [-0.2, -0.15) is 26.3 Å². The van der Waals surface area contributed by atoms with Crippen molar-refractivity contribution in [2.45, 2.75) is 44.1 Å². The molecule has 2 rings (SSSR count). The fourth-order valence-corrected chi connectivity index (χ4v) is 2.89. The molecule has 0 saturated carbocycles. The van der Waals surface area contributed by atoms with Gasteiger partial charge in [-0.05, 0) is 28.2 Å². The summed E-state index contributed by atoms with van der Waals surface area (Å²) in [5.74, 6) is 0. The minimum absolute atomic E-state index is 0.359. The molecule has 0 spiro atoms. The number of aliphatic hydroxyl groups is 1. The van der Waals surface area contributed by atoms with Gasteiger partial charge in [0.05, 0.1) is 0 Å². The fraction of sp³-hybridized carbons (Fsp3) is 0.350. The molecule has 28 heavy (non-hydrogen) atoms. The van der Waals surface area contributed by atoms with E-state index in [0.29, 0.717) is 40.7 Å². The minimum Gasteiger partial charge on any atom is -0.369 e. The Labute approximate surface area is 157 Å². The maximum Gasteiger partial charge on any atom is 0.430 e. The number of benzene rings is 2. The molecule has 2 nitrogen and oxygen atoms in total. The molecule has 1 N–H and O–H groups in total. The van der Waals surface area contributed by atoms with Crippen molar-refractivity contribution in [2.24, 2.45) is 0 Å². The third-order valence-electron chi connectivity index (χ3n) is 4.42. The highest BCUT2D eigenvalue weighted by molar-refractivity contribution is 5.79. The van der Waals surface area contributed by atoms with Crippen LogP contribution in [-0.2, 0) is 11.0 Å². The van der Waals surface area contributed by atoms with E-state index < -0.39 is 28.9 Å². The Bertz CT molecular complexity index is 844. The van der Waals surface area contributed by atoms with Crippen LogP contribution in [0.1, 0.15) is 42.3 Å². The van der Waals surface area contributed by atoms with Gasteiger partial charge in [-0.3, -0.25) is 4.79 Å². The van der Waals surface area contributed by atoms with Gasteiger partial charge in [0.15, 0.2) is 0 Å². The van der Waals surface area contributed by atoms with Gasteiger partial charge in [0.25, 0.3) is 5.60 Å². The van der Waals surface area contributed by atoms with E-state index in [9.17, 15) is 36.2 Å². The molecular formula is C20H18F6O2. The monoisotopic (exact) mass is 404 g/mol. The summed E-state index contributed by atoms with van der Waals surface area (Å²) >= 11 is 0. The molecule has 0 fully saturated rings. The lowest BCUT2D eigenvalue weighted by atomic mass is 9.80. The van der Waals surface area contributed by atoms with Crippen molar-refractivity contribution in [1.82, 2.24) is 0 Å². The van der Waals surface area contributed by atoms with E-state index in [1.807, 2.05) is 20.8 Å². The zero-order chi connectivity index (χ0) is 21.5. The van der Waals surface area contributed by atoms with Crippen LogP contribution >= 0.6 is 0 Å². The number of carbonyl (C=O) groups is 1. The van der Waals surface area contributed by atoms with Crippen LogP contribution in [0.15, 0.2) is 42.5 Å². The van der Waals surface area contributed by atoms with E-state index >= 15 is 0 Å². The molecule has 0 aromatic heterocycles. The highest BCUT2D eigenvalue weighted by Crippen LogP contribution is 2.50. The van der Waals surface area contributed by atoms with Crippen molar-refractivity contribution in [3.8, 4) is 11.1 Å². The summed E-state index contributed by atoms with van der Waals surface area (Å²) in [7, 11) is 0. The number of carbonyl (C=O) groups excluding carboxylic acids is 1. The lowest BCUT2D eigenvalue weighted by molar-refractivity contribution is -0.376. The second-order valence-corrected chi connectivity index (χ2v) is 7.46. The number of alkyl halides is 6. The first-order valence-electron chi connectivity index (χ1n) is 8.19. The van der Waals surface area contributed by atoms with Crippen LogP contribution in [0.4, 0.5) is 26.3 Å². The van der Waals surface area contributed by atoms with E-state index in [4.69, 9.17) is 0 Å². The molecule has 0 aliphatic rings. The number of rotatable bonds is 3.